The second kappa shape index (κ2) is 6.85. The molecule has 0 spiro atoms. The van der Waals surface area contributed by atoms with E-state index in [-0.39, 0.29) is 16.0 Å². The lowest BCUT2D eigenvalue weighted by atomic mass is 10.2. The van der Waals surface area contributed by atoms with Gasteiger partial charge in [-0.05, 0) is 44.6 Å². The van der Waals surface area contributed by atoms with E-state index in [1.807, 2.05) is 36.5 Å². The van der Waals surface area contributed by atoms with E-state index >= 15 is 0 Å². The van der Waals surface area contributed by atoms with Gasteiger partial charge in [0.25, 0.3) is 5.91 Å². The van der Waals surface area contributed by atoms with Gasteiger partial charge in [-0.2, -0.15) is 5.10 Å². The van der Waals surface area contributed by atoms with Crippen LogP contribution in [0.25, 0.3) is 5.69 Å². The number of aromatic nitrogens is 4. The first kappa shape index (κ1) is 16.8. The van der Waals surface area contributed by atoms with Crippen LogP contribution in [0.15, 0.2) is 47.2 Å². The molecule has 2 aromatic heterocycles. The number of carbonyl (C=O) groups excluding carboxylic acids is 1. The Morgan fingerprint density at radius 1 is 1.40 bits per heavy atom. The number of nitrogens with zero attached hydrogens (tertiary/aromatic N) is 5. The minimum Gasteiger partial charge on any atom is -0.358 e. The lowest BCUT2D eigenvalue weighted by Gasteiger charge is -2.16. The van der Waals surface area contributed by atoms with E-state index in [9.17, 15) is 14.9 Å². The summed E-state index contributed by atoms with van der Waals surface area (Å²) in [4.78, 5) is 24.1. The molecule has 0 aliphatic heterocycles. The van der Waals surface area contributed by atoms with Gasteiger partial charge in [-0.3, -0.25) is 4.79 Å². The van der Waals surface area contributed by atoms with Crippen molar-refractivity contribution in [3.8, 4) is 5.69 Å². The highest BCUT2D eigenvalue weighted by atomic mass is 79.9. The number of nitro groups is 1. The molecule has 0 fully saturated rings. The van der Waals surface area contributed by atoms with Crippen LogP contribution in [0.1, 0.15) is 16.1 Å². The number of amides is 1. The van der Waals surface area contributed by atoms with Gasteiger partial charge in [0.05, 0.1) is 5.69 Å². The third-order valence-electron chi connectivity index (χ3n) is 3.55. The van der Waals surface area contributed by atoms with Crippen molar-refractivity contribution in [1.29, 1.82) is 0 Å². The third-order valence-corrected chi connectivity index (χ3v) is 4.30. The van der Waals surface area contributed by atoms with Gasteiger partial charge in [0.2, 0.25) is 0 Å². The molecule has 0 unspecified atom stereocenters. The highest BCUT2D eigenvalue weighted by Crippen LogP contribution is 2.26. The van der Waals surface area contributed by atoms with Crippen LogP contribution in [0, 0.1) is 10.1 Å². The standard InChI is InChI=1S/C15H13BrN6O3/c1-20(15(23)13-12(16)14(19-18-13)22(24)25)9-10-3-5-11(6-4-10)21-8-2-7-17-21/h2-8H,9H2,1H3,(H,18,19). The summed E-state index contributed by atoms with van der Waals surface area (Å²) in [6, 6.07) is 9.42. The molecule has 3 aromatic rings. The lowest BCUT2D eigenvalue weighted by molar-refractivity contribution is -0.390. The maximum Gasteiger partial charge on any atom is 0.357 e. The van der Waals surface area contributed by atoms with Crippen molar-refractivity contribution in [2.45, 2.75) is 6.54 Å². The molecule has 25 heavy (non-hydrogen) atoms. The van der Waals surface area contributed by atoms with Crippen LogP contribution in [0.5, 0.6) is 0 Å². The average Bonchev–Trinajstić information content (AvgIpc) is 3.24. The second-order valence-electron chi connectivity index (χ2n) is 5.27. The normalized spacial score (nSPS) is 10.6. The minimum atomic E-state index is -0.637. The van der Waals surface area contributed by atoms with Crippen molar-refractivity contribution in [3.63, 3.8) is 0 Å². The van der Waals surface area contributed by atoms with Crippen molar-refractivity contribution >= 4 is 27.7 Å². The third kappa shape index (κ3) is 3.43. The summed E-state index contributed by atoms with van der Waals surface area (Å²) in [5.41, 5.74) is 1.80. The summed E-state index contributed by atoms with van der Waals surface area (Å²) < 4.78 is 1.78. The molecule has 0 bridgehead atoms. The quantitative estimate of drug-likeness (QED) is 0.518. The number of nitrogens with one attached hydrogen (secondary N) is 1. The van der Waals surface area contributed by atoms with E-state index in [1.54, 1.807) is 17.9 Å². The smallest absolute Gasteiger partial charge is 0.357 e. The Morgan fingerprint density at radius 3 is 2.68 bits per heavy atom. The molecule has 1 amide bonds. The summed E-state index contributed by atoms with van der Waals surface area (Å²) in [6.45, 7) is 0.339. The predicted octanol–water partition coefficient (Wildman–Crippen LogP) is 2.54. The molecule has 2 heterocycles. The number of aromatic amines is 1. The Labute approximate surface area is 150 Å². The average molecular weight is 405 g/mol. The first-order valence-corrected chi connectivity index (χ1v) is 7.99. The van der Waals surface area contributed by atoms with Crippen molar-refractivity contribution in [3.05, 3.63) is 68.6 Å². The number of halogens is 1. The van der Waals surface area contributed by atoms with Crippen LogP contribution in [0.4, 0.5) is 5.82 Å². The number of hydrogen-bond acceptors (Lipinski definition) is 5. The highest BCUT2D eigenvalue weighted by Gasteiger charge is 2.26. The Hall–Kier alpha value is -3.01. The van der Waals surface area contributed by atoms with E-state index in [2.05, 4.69) is 31.2 Å². The minimum absolute atomic E-state index is 0.0256. The van der Waals surface area contributed by atoms with Crippen LogP contribution in [-0.4, -0.2) is 42.8 Å². The van der Waals surface area contributed by atoms with E-state index in [1.165, 1.54) is 4.90 Å². The number of H-pyrrole nitrogens is 1. The fourth-order valence-corrected chi connectivity index (χ4v) is 2.78. The molecule has 10 heteroatoms. The largest absolute Gasteiger partial charge is 0.358 e. The monoisotopic (exact) mass is 404 g/mol. The number of benzene rings is 1. The topological polar surface area (TPSA) is 110 Å². The first-order chi connectivity index (χ1) is 12.0. The summed E-state index contributed by atoms with van der Waals surface area (Å²) in [5.74, 6) is -0.771. The van der Waals surface area contributed by atoms with Gasteiger partial charge >= 0.3 is 5.82 Å². The molecule has 9 nitrogen and oxygen atoms in total. The van der Waals surface area contributed by atoms with Gasteiger partial charge in [-0.1, -0.05) is 17.2 Å². The maximum absolute atomic E-state index is 12.4. The summed E-state index contributed by atoms with van der Waals surface area (Å²) in [6.07, 6.45) is 3.54. The molecule has 1 N–H and O–H groups in total. The van der Waals surface area contributed by atoms with Gasteiger partial charge in [0.15, 0.2) is 5.69 Å². The van der Waals surface area contributed by atoms with Crippen LogP contribution < -0.4 is 0 Å². The molecule has 0 saturated carbocycles. The van der Waals surface area contributed by atoms with E-state index < -0.39 is 10.8 Å². The fourth-order valence-electron chi connectivity index (χ4n) is 2.28. The zero-order valence-corrected chi connectivity index (χ0v) is 14.7. The molecule has 128 valence electrons. The number of carbonyl (C=O) groups is 1. The number of rotatable bonds is 5. The Morgan fingerprint density at radius 2 is 2.12 bits per heavy atom. The van der Waals surface area contributed by atoms with Gasteiger partial charge in [-0.15, -0.1) is 5.10 Å². The highest BCUT2D eigenvalue weighted by molar-refractivity contribution is 9.10. The summed E-state index contributed by atoms with van der Waals surface area (Å²) >= 11 is 3.05. The SMILES string of the molecule is CN(Cc1ccc(-n2cccn2)cc1)C(=O)c1n[nH]c([N+](=O)[O-])c1Br. The van der Waals surface area contributed by atoms with Crippen LogP contribution in [-0.2, 0) is 6.54 Å². The maximum atomic E-state index is 12.4. The molecule has 0 saturated heterocycles. The summed E-state index contributed by atoms with van der Waals surface area (Å²) in [7, 11) is 1.61. The van der Waals surface area contributed by atoms with Crippen molar-refractivity contribution in [1.82, 2.24) is 24.9 Å². The zero-order valence-electron chi connectivity index (χ0n) is 13.1. The Bertz CT molecular complexity index is 904. The molecule has 1 aromatic carbocycles. The fraction of sp³-hybridized carbons (Fsp3) is 0.133. The van der Waals surface area contributed by atoms with Gasteiger partial charge in [-0.25, -0.2) is 4.68 Å². The molecule has 3 rings (SSSR count). The van der Waals surface area contributed by atoms with Crippen LogP contribution in [0.2, 0.25) is 0 Å². The van der Waals surface area contributed by atoms with Crippen molar-refractivity contribution in [2.24, 2.45) is 0 Å². The Balaban J connectivity index is 1.72. The molecular weight excluding hydrogens is 392 g/mol. The number of hydrogen-bond donors (Lipinski definition) is 1. The molecule has 0 radical (unpaired) electrons. The van der Waals surface area contributed by atoms with Crippen LogP contribution >= 0.6 is 15.9 Å². The molecule has 0 aliphatic rings. The van der Waals surface area contributed by atoms with Gasteiger partial charge in [0.1, 0.15) is 4.47 Å². The van der Waals surface area contributed by atoms with Gasteiger partial charge < -0.3 is 15.0 Å². The van der Waals surface area contributed by atoms with Crippen molar-refractivity contribution in [2.75, 3.05) is 7.05 Å². The van der Waals surface area contributed by atoms with E-state index in [4.69, 9.17) is 0 Å². The Kier molecular flexibility index (Phi) is 4.61. The second-order valence-corrected chi connectivity index (χ2v) is 6.06. The molecule has 0 aliphatic carbocycles. The predicted molar refractivity (Wildman–Crippen MR) is 92.3 cm³/mol. The molecule has 0 atom stereocenters. The molecular formula is C15H13BrN6O3. The summed E-state index contributed by atoms with van der Waals surface area (Å²) in [5, 5.41) is 20.9. The van der Waals surface area contributed by atoms with E-state index in [0.29, 0.717) is 6.54 Å². The van der Waals surface area contributed by atoms with Gasteiger partial charge in [0, 0.05) is 26.0 Å². The lowest BCUT2D eigenvalue weighted by Crippen LogP contribution is -2.26. The van der Waals surface area contributed by atoms with Crippen LogP contribution in [0.3, 0.4) is 0 Å². The zero-order chi connectivity index (χ0) is 18.0. The first-order valence-electron chi connectivity index (χ1n) is 7.20. The van der Waals surface area contributed by atoms with E-state index in [0.717, 1.165) is 11.3 Å². The van der Waals surface area contributed by atoms with Crippen molar-refractivity contribution < 1.29 is 9.72 Å².